The molecule has 3 nitrogen and oxygen atoms in total. The van der Waals surface area contributed by atoms with Crippen LogP contribution in [-0.4, -0.2) is 33.2 Å². The largest absolute Gasteiger partial charge is 0.292 e. The van der Waals surface area contributed by atoms with Crippen LogP contribution in [0.2, 0.25) is 0 Å². The van der Waals surface area contributed by atoms with E-state index in [4.69, 9.17) is 4.98 Å². The maximum Gasteiger partial charge on any atom is 0.263 e. The lowest BCUT2D eigenvalue weighted by molar-refractivity contribution is 0.392. The van der Waals surface area contributed by atoms with Crippen molar-refractivity contribution in [3.8, 4) is 0 Å². The van der Waals surface area contributed by atoms with Crippen molar-refractivity contribution >= 4 is 55.3 Å². The van der Waals surface area contributed by atoms with E-state index in [0.717, 1.165) is 44.2 Å². The molecule has 38 heavy (non-hydrogen) atoms. The summed E-state index contributed by atoms with van der Waals surface area (Å²) in [6.45, 7) is 9.56. The van der Waals surface area contributed by atoms with E-state index < -0.39 is 0 Å². The van der Waals surface area contributed by atoms with E-state index in [2.05, 4.69) is 126 Å². The first-order chi connectivity index (χ1) is 18.2. The van der Waals surface area contributed by atoms with Gasteiger partial charge in [0.2, 0.25) is 11.3 Å². The predicted molar refractivity (Wildman–Crippen MR) is 169 cm³/mol. The zero-order valence-electron chi connectivity index (χ0n) is 22.8. The van der Waals surface area contributed by atoms with E-state index in [1.54, 1.807) is 0 Å². The van der Waals surface area contributed by atoms with E-state index in [-0.39, 0.29) is 0 Å². The summed E-state index contributed by atoms with van der Waals surface area (Å²) in [5.74, 6) is 0. The summed E-state index contributed by atoms with van der Waals surface area (Å²) in [4.78, 5) is 5.01. The van der Waals surface area contributed by atoms with Crippen LogP contribution < -0.4 is 8.97 Å². The van der Waals surface area contributed by atoms with E-state index in [1.165, 1.54) is 31.9 Å². The molecule has 0 atom stereocenters. The minimum absolute atomic E-state index is 0.767. The topological polar surface area (TPSA) is 12.9 Å². The smallest absolute Gasteiger partial charge is 0.263 e. The molecule has 0 aliphatic carbocycles. The fourth-order valence-electron chi connectivity index (χ4n) is 4.97. The van der Waals surface area contributed by atoms with Crippen molar-refractivity contribution in [3.63, 3.8) is 0 Å². The van der Waals surface area contributed by atoms with Gasteiger partial charge in [-0.3, -0.25) is 8.97 Å². The number of hydrogen-bond donors (Lipinski definition) is 0. The summed E-state index contributed by atoms with van der Waals surface area (Å²) >= 11 is 1.83. The second kappa shape index (κ2) is 10.2. The van der Waals surface area contributed by atoms with Gasteiger partial charge in [-0.2, -0.15) is 0 Å². The van der Waals surface area contributed by atoms with Gasteiger partial charge in [0.25, 0.3) is 9.40 Å². The number of benzene rings is 4. The summed E-state index contributed by atoms with van der Waals surface area (Å²) < 4.78 is 3.96. The van der Waals surface area contributed by atoms with Gasteiger partial charge in [0.05, 0.1) is 40.3 Å². The van der Waals surface area contributed by atoms with Crippen LogP contribution in [0.25, 0.3) is 32.6 Å². The number of quaternary nitrogens is 2. The predicted octanol–water partition coefficient (Wildman–Crippen LogP) is 8.55. The Labute approximate surface area is 230 Å². The molecule has 0 saturated heterocycles. The lowest BCUT2D eigenvalue weighted by Crippen LogP contribution is -2.39. The van der Waals surface area contributed by atoms with Crippen LogP contribution in [0.1, 0.15) is 22.3 Å². The van der Waals surface area contributed by atoms with Gasteiger partial charge >= 0.3 is 0 Å². The normalized spacial score (nSPS) is 12.1. The van der Waals surface area contributed by atoms with Crippen molar-refractivity contribution in [2.75, 3.05) is 28.2 Å². The lowest BCUT2D eigenvalue weighted by Gasteiger charge is -2.29. The minimum atomic E-state index is 0.767. The molecule has 0 aliphatic heterocycles. The third-order valence-electron chi connectivity index (χ3n) is 7.33. The molecule has 0 fully saturated rings. The molecular weight excluding hydrogens is 482 g/mol. The van der Waals surface area contributed by atoms with Gasteiger partial charge < -0.3 is 0 Å². The SMILES string of the molecule is C=Cc1ccc(C[N+](C)(C)c2ccc3nc4ccc([N+](C)(C)Cc5ccc(C=C)cc5)cc4[s+]c3c2)cc1. The van der Waals surface area contributed by atoms with Crippen LogP contribution in [0.5, 0.6) is 0 Å². The van der Waals surface area contributed by atoms with Gasteiger partial charge in [0, 0.05) is 23.3 Å². The minimum Gasteiger partial charge on any atom is -0.292 e. The molecule has 4 aromatic carbocycles. The molecule has 0 amide bonds. The van der Waals surface area contributed by atoms with Crippen LogP contribution in [0.3, 0.4) is 0 Å². The van der Waals surface area contributed by atoms with Crippen molar-refractivity contribution < 1.29 is 0 Å². The molecule has 0 N–H and O–H groups in total. The quantitative estimate of drug-likeness (QED) is 0.114. The summed E-state index contributed by atoms with van der Waals surface area (Å²) in [5, 5.41) is 0. The Morgan fingerprint density at radius 1 is 0.605 bits per heavy atom. The Morgan fingerprint density at radius 2 is 1.00 bits per heavy atom. The number of fused-ring (bicyclic) bond motifs is 2. The Balaban J connectivity index is 1.45. The summed E-state index contributed by atoms with van der Waals surface area (Å²) in [6, 6.07) is 30.7. The highest BCUT2D eigenvalue weighted by Crippen LogP contribution is 2.34. The van der Waals surface area contributed by atoms with Gasteiger partial charge in [-0.25, -0.2) is 4.98 Å². The summed E-state index contributed by atoms with van der Waals surface area (Å²) in [5.41, 5.74) is 9.56. The van der Waals surface area contributed by atoms with Gasteiger partial charge in [0.1, 0.15) is 35.5 Å². The first kappa shape index (κ1) is 25.9. The Kier molecular flexibility index (Phi) is 6.97. The molecule has 190 valence electrons. The van der Waals surface area contributed by atoms with Crippen molar-refractivity contribution in [2.24, 2.45) is 0 Å². The molecule has 5 aromatic rings. The van der Waals surface area contributed by atoms with Crippen LogP contribution in [0.4, 0.5) is 11.4 Å². The third kappa shape index (κ3) is 5.44. The second-order valence-electron chi connectivity index (χ2n) is 11.1. The molecule has 1 heterocycles. The molecule has 5 rings (SSSR count). The van der Waals surface area contributed by atoms with Crippen LogP contribution >= 0.6 is 11.3 Å². The first-order valence-electron chi connectivity index (χ1n) is 12.9. The lowest BCUT2D eigenvalue weighted by atomic mass is 10.1. The van der Waals surface area contributed by atoms with Crippen molar-refractivity contribution in [1.82, 2.24) is 14.0 Å². The van der Waals surface area contributed by atoms with Gasteiger partial charge in [-0.15, -0.1) is 0 Å². The maximum atomic E-state index is 5.01. The van der Waals surface area contributed by atoms with Gasteiger partial charge in [-0.05, 0) is 23.3 Å². The van der Waals surface area contributed by atoms with Crippen molar-refractivity contribution in [2.45, 2.75) is 13.1 Å². The molecule has 0 bridgehead atoms. The summed E-state index contributed by atoms with van der Waals surface area (Å²) in [7, 11) is 9.06. The van der Waals surface area contributed by atoms with Crippen LogP contribution in [0.15, 0.2) is 98.1 Å². The Bertz CT molecular complexity index is 1510. The molecule has 4 heteroatoms. The van der Waals surface area contributed by atoms with Gasteiger partial charge in [-0.1, -0.05) is 73.8 Å². The van der Waals surface area contributed by atoms with Crippen molar-refractivity contribution in [3.05, 3.63) is 120 Å². The number of hydrogen-bond acceptors (Lipinski definition) is 1. The molecule has 0 unspecified atom stereocenters. The zero-order valence-corrected chi connectivity index (χ0v) is 23.6. The Hall–Kier alpha value is -3.70. The van der Waals surface area contributed by atoms with E-state index >= 15 is 0 Å². The molecular formula is C34H36N3S+3. The number of rotatable bonds is 8. The van der Waals surface area contributed by atoms with Crippen LogP contribution in [-0.2, 0) is 13.1 Å². The Morgan fingerprint density at radius 3 is 1.37 bits per heavy atom. The third-order valence-corrected chi connectivity index (χ3v) is 8.43. The fourth-order valence-corrected chi connectivity index (χ4v) is 6.00. The average Bonchev–Trinajstić information content (AvgIpc) is 2.91. The monoisotopic (exact) mass is 518 g/mol. The zero-order chi connectivity index (χ0) is 26.9. The number of aromatic nitrogens is 1. The molecule has 1 aromatic heterocycles. The number of nitrogens with zero attached hydrogens (tertiary/aromatic N) is 3. The second-order valence-corrected chi connectivity index (χ2v) is 12.2. The molecule has 0 saturated carbocycles. The maximum absolute atomic E-state index is 5.01. The standard InChI is InChI=1S/C34H36N3S/c1-7-25-9-13-27(14-10-25)23-36(3,4)29-17-19-31-33(21-29)38-34-22-30(18-20-32(34)35-31)37(5,6)24-28-15-11-26(8-2)12-16-28/h7-22H,1-2,23-24H2,3-6H3/q+3. The fraction of sp³-hybridized carbons (Fsp3) is 0.176. The molecule has 0 aliphatic rings. The first-order valence-corrected chi connectivity index (χ1v) is 13.8. The summed E-state index contributed by atoms with van der Waals surface area (Å²) in [6.07, 6.45) is 3.77. The van der Waals surface area contributed by atoms with Gasteiger partial charge in [0.15, 0.2) is 0 Å². The van der Waals surface area contributed by atoms with Crippen molar-refractivity contribution in [1.29, 1.82) is 0 Å². The van der Waals surface area contributed by atoms with E-state index in [9.17, 15) is 0 Å². The van der Waals surface area contributed by atoms with E-state index in [1.807, 2.05) is 23.5 Å². The van der Waals surface area contributed by atoms with E-state index in [0.29, 0.717) is 0 Å². The highest BCUT2D eigenvalue weighted by atomic mass is 32.1. The highest BCUT2D eigenvalue weighted by Gasteiger charge is 2.26. The molecule has 0 spiro atoms. The average molecular weight is 519 g/mol. The molecule has 0 radical (unpaired) electrons. The van der Waals surface area contributed by atoms with Crippen LogP contribution in [0, 0.1) is 0 Å². The highest BCUT2D eigenvalue weighted by molar-refractivity contribution is 7.24.